The van der Waals surface area contributed by atoms with Gasteiger partial charge in [0.1, 0.15) is 11.4 Å². The van der Waals surface area contributed by atoms with Gasteiger partial charge in [-0.05, 0) is 13.8 Å². The number of carbonyl (C=O) groups is 1. The number of nitrogens with one attached hydrogen (secondary N) is 1. The van der Waals surface area contributed by atoms with Crippen molar-refractivity contribution >= 4 is 5.91 Å². The zero-order chi connectivity index (χ0) is 9.30. The molecule has 3 N–H and O–H groups in total. The molecule has 1 amide bonds. The number of H-pyrrole nitrogens is 1. The third-order valence-electron chi connectivity index (χ3n) is 1.51. The van der Waals surface area contributed by atoms with Crippen molar-refractivity contribution in [3.63, 3.8) is 0 Å². The normalized spacial score (nSPS) is 9.83. The van der Waals surface area contributed by atoms with Crippen LogP contribution in [0.5, 0.6) is 0 Å². The molecule has 0 radical (unpaired) electrons. The van der Waals surface area contributed by atoms with E-state index in [0.29, 0.717) is 11.4 Å². The fourth-order valence-electron chi connectivity index (χ4n) is 0.893. The second kappa shape index (κ2) is 2.77. The van der Waals surface area contributed by atoms with Gasteiger partial charge in [-0.2, -0.15) is 0 Å². The van der Waals surface area contributed by atoms with E-state index in [0.717, 1.165) is 0 Å². The Kier molecular flexibility index (Phi) is 1.95. The minimum absolute atomic E-state index is 0.0746. The summed E-state index contributed by atoms with van der Waals surface area (Å²) in [6.07, 6.45) is 0. The smallest absolute Gasteiger partial charge is 0.269 e. The minimum atomic E-state index is -0.669. The Morgan fingerprint density at radius 1 is 1.42 bits per heavy atom. The number of aromatic nitrogens is 2. The molecule has 12 heavy (non-hydrogen) atoms. The largest absolute Gasteiger partial charge is 0.364 e. The summed E-state index contributed by atoms with van der Waals surface area (Å²) in [4.78, 5) is 27.9. The van der Waals surface area contributed by atoms with Crippen LogP contribution in [0.1, 0.15) is 21.9 Å². The number of nitrogens with zero attached hydrogens (tertiary/aromatic N) is 1. The van der Waals surface area contributed by atoms with Crippen molar-refractivity contribution in [1.82, 2.24) is 9.97 Å². The summed E-state index contributed by atoms with van der Waals surface area (Å²) in [6, 6.07) is 0. The average molecular weight is 167 g/mol. The Hall–Kier alpha value is -1.65. The SMILES string of the molecule is Cc1nc(C)c(=O)[nH]c1C(N)=O. The molecule has 0 aliphatic heterocycles. The van der Waals surface area contributed by atoms with Crippen molar-refractivity contribution in [2.24, 2.45) is 5.73 Å². The van der Waals surface area contributed by atoms with Crippen LogP contribution in [0, 0.1) is 13.8 Å². The fourth-order valence-corrected chi connectivity index (χ4v) is 0.893. The van der Waals surface area contributed by atoms with Crippen molar-refractivity contribution in [3.8, 4) is 0 Å². The van der Waals surface area contributed by atoms with Crippen LogP contribution < -0.4 is 11.3 Å². The molecule has 0 unspecified atom stereocenters. The lowest BCUT2D eigenvalue weighted by molar-refractivity contribution is 0.0994. The van der Waals surface area contributed by atoms with Crippen LogP contribution in [0.3, 0.4) is 0 Å². The number of carbonyl (C=O) groups excluding carboxylic acids is 1. The fraction of sp³-hybridized carbons (Fsp3) is 0.286. The highest BCUT2D eigenvalue weighted by Gasteiger charge is 2.08. The van der Waals surface area contributed by atoms with Crippen LogP contribution in [-0.2, 0) is 0 Å². The minimum Gasteiger partial charge on any atom is -0.364 e. The van der Waals surface area contributed by atoms with Gasteiger partial charge in [0, 0.05) is 0 Å². The Bertz CT molecular complexity index is 381. The molecule has 1 rings (SSSR count). The molecule has 1 heterocycles. The Morgan fingerprint density at radius 2 is 2.00 bits per heavy atom. The molecule has 0 saturated heterocycles. The number of rotatable bonds is 1. The van der Waals surface area contributed by atoms with Crippen molar-refractivity contribution in [2.45, 2.75) is 13.8 Å². The van der Waals surface area contributed by atoms with Gasteiger partial charge >= 0.3 is 0 Å². The quantitative estimate of drug-likeness (QED) is 0.590. The van der Waals surface area contributed by atoms with E-state index in [-0.39, 0.29) is 11.3 Å². The van der Waals surface area contributed by atoms with Gasteiger partial charge in [0.2, 0.25) is 0 Å². The first-order chi connectivity index (χ1) is 5.52. The van der Waals surface area contributed by atoms with E-state index in [1.54, 1.807) is 13.8 Å². The highest BCUT2D eigenvalue weighted by molar-refractivity contribution is 5.91. The summed E-state index contributed by atoms with van der Waals surface area (Å²) < 4.78 is 0. The van der Waals surface area contributed by atoms with Crippen molar-refractivity contribution in [2.75, 3.05) is 0 Å². The van der Waals surface area contributed by atoms with E-state index in [1.807, 2.05) is 0 Å². The van der Waals surface area contributed by atoms with Crippen LogP contribution in [-0.4, -0.2) is 15.9 Å². The van der Waals surface area contributed by atoms with Gasteiger partial charge in [0.05, 0.1) is 5.69 Å². The lowest BCUT2D eigenvalue weighted by Gasteiger charge is -2.00. The number of amides is 1. The molecular formula is C7H9N3O2. The van der Waals surface area contributed by atoms with Crippen LogP contribution in [0.15, 0.2) is 4.79 Å². The van der Waals surface area contributed by atoms with E-state index in [9.17, 15) is 9.59 Å². The second-order valence-electron chi connectivity index (χ2n) is 2.48. The Balaban J connectivity index is 3.43. The summed E-state index contributed by atoms with van der Waals surface area (Å²) >= 11 is 0. The first kappa shape index (κ1) is 8.45. The molecule has 1 aromatic heterocycles. The summed E-state index contributed by atoms with van der Waals surface area (Å²) in [5, 5.41) is 0. The lowest BCUT2D eigenvalue weighted by atomic mass is 10.3. The first-order valence-electron chi connectivity index (χ1n) is 3.39. The number of hydrogen-bond donors (Lipinski definition) is 2. The molecule has 0 spiro atoms. The molecule has 0 aromatic carbocycles. The number of aromatic amines is 1. The van der Waals surface area contributed by atoms with E-state index in [1.165, 1.54) is 0 Å². The molecule has 1 aromatic rings. The van der Waals surface area contributed by atoms with Gasteiger partial charge in [-0.15, -0.1) is 0 Å². The Morgan fingerprint density at radius 3 is 2.50 bits per heavy atom. The van der Waals surface area contributed by atoms with Gasteiger partial charge in [0.25, 0.3) is 11.5 Å². The molecule has 0 atom stereocenters. The van der Waals surface area contributed by atoms with Crippen molar-refractivity contribution < 1.29 is 4.79 Å². The number of hydrogen-bond acceptors (Lipinski definition) is 3. The first-order valence-corrected chi connectivity index (χ1v) is 3.39. The van der Waals surface area contributed by atoms with Gasteiger partial charge < -0.3 is 10.7 Å². The molecule has 0 aliphatic carbocycles. The molecule has 0 bridgehead atoms. The maximum Gasteiger partial charge on any atom is 0.269 e. The van der Waals surface area contributed by atoms with Gasteiger partial charge in [-0.25, -0.2) is 0 Å². The summed E-state index contributed by atoms with van der Waals surface area (Å²) in [5.74, 6) is -0.669. The van der Waals surface area contributed by atoms with E-state index in [4.69, 9.17) is 5.73 Å². The van der Waals surface area contributed by atoms with Gasteiger partial charge in [-0.3, -0.25) is 14.6 Å². The van der Waals surface area contributed by atoms with E-state index < -0.39 is 5.91 Å². The highest BCUT2D eigenvalue weighted by atomic mass is 16.1. The third-order valence-corrected chi connectivity index (χ3v) is 1.51. The molecule has 5 nitrogen and oxygen atoms in total. The molecular weight excluding hydrogens is 158 g/mol. The van der Waals surface area contributed by atoms with Crippen LogP contribution in [0.4, 0.5) is 0 Å². The zero-order valence-corrected chi connectivity index (χ0v) is 6.84. The second-order valence-corrected chi connectivity index (χ2v) is 2.48. The summed E-state index contributed by atoms with van der Waals surface area (Å²) in [7, 11) is 0. The summed E-state index contributed by atoms with van der Waals surface area (Å²) in [5.41, 5.74) is 5.45. The standard InChI is InChI=1S/C7H9N3O2/c1-3-5(6(8)11)10-7(12)4(2)9-3/h1-2H3,(H2,8,11)(H,10,12). The maximum absolute atomic E-state index is 11.0. The van der Waals surface area contributed by atoms with E-state index in [2.05, 4.69) is 9.97 Å². The van der Waals surface area contributed by atoms with Crippen LogP contribution in [0.25, 0.3) is 0 Å². The topological polar surface area (TPSA) is 88.8 Å². The number of primary amides is 1. The summed E-state index contributed by atoms with van der Waals surface area (Å²) in [6.45, 7) is 3.18. The molecule has 0 fully saturated rings. The predicted molar refractivity (Wildman–Crippen MR) is 42.8 cm³/mol. The molecule has 0 saturated carbocycles. The maximum atomic E-state index is 11.0. The van der Waals surface area contributed by atoms with E-state index >= 15 is 0 Å². The van der Waals surface area contributed by atoms with Gasteiger partial charge in [-0.1, -0.05) is 0 Å². The monoisotopic (exact) mass is 167 g/mol. The van der Waals surface area contributed by atoms with Crippen molar-refractivity contribution in [1.29, 1.82) is 0 Å². The lowest BCUT2D eigenvalue weighted by Crippen LogP contribution is -2.23. The average Bonchev–Trinajstić information content (AvgIpc) is 1.96. The highest BCUT2D eigenvalue weighted by Crippen LogP contribution is 1.96. The van der Waals surface area contributed by atoms with Crippen LogP contribution >= 0.6 is 0 Å². The number of nitrogens with two attached hydrogens (primary N) is 1. The third kappa shape index (κ3) is 1.34. The molecule has 0 aliphatic rings. The number of aryl methyl sites for hydroxylation is 2. The predicted octanol–water partition coefficient (Wildman–Crippen LogP) is -0.514. The Labute approximate surface area is 68.6 Å². The van der Waals surface area contributed by atoms with Crippen molar-refractivity contribution in [3.05, 3.63) is 27.4 Å². The zero-order valence-electron chi connectivity index (χ0n) is 6.84. The van der Waals surface area contributed by atoms with Crippen LogP contribution in [0.2, 0.25) is 0 Å². The molecule has 5 heteroatoms. The molecule has 64 valence electrons. The van der Waals surface area contributed by atoms with Gasteiger partial charge in [0.15, 0.2) is 0 Å².